The highest BCUT2D eigenvalue weighted by molar-refractivity contribution is 7.80. The van der Waals surface area contributed by atoms with Gasteiger partial charge in [0, 0.05) is 4.90 Å². The third kappa shape index (κ3) is 3.34. The second-order valence-electron chi connectivity index (χ2n) is 3.01. The van der Waals surface area contributed by atoms with Crippen molar-refractivity contribution in [3.63, 3.8) is 0 Å². The van der Waals surface area contributed by atoms with Crippen molar-refractivity contribution in [3.8, 4) is 0 Å². The summed E-state index contributed by atoms with van der Waals surface area (Å²) in [5, 5.41) is 0. The van der Waals surface area contributed by atoms with Crippen LogP contribution >= 0.6 is 12.6 Å². The van der Waals surface area contributed by atoms with Crippen molar-refractivity contribution in [1.29, 1.82) is 0 Å². The molecule has 0 N–H and O–H groups in total. The summed E-state index contributed by atoms with van der Waals surface area (Å²) in [5.74, 6) is -0.270. The van der Waals surface area contributed by atoms with E-state index in [0.717, 1.165) is 17.7 Å². The average Bonchev–Trinajstić information content (AvgIpc) is 2.19. The predicted molar refractivity (Wildman–Crippen MR) is 57.5 cm³/mol. The maximum atomic E-state index is 11.4. The van der Waals surface area contributed by atoms with E-state index in [1.54, 1.807) is 24.3 Å². The zero-order valence-corrected chi connectivity index (χ0v) is 8.97. The number of esters is 1. The van der Waals surface area contributed by atoms with Gasteiger partial charge in [0.15, 0.2) is 0 Å². The first-order chi connectivity index (χ1) is 6.74. The highest BCUT2D eigenvalue weighted by Gasteiger charge is 2.05. The number of carbonyl (C=O) groups is 1. The molecule has 2 nitrogen and oxygen atoms in total. The van der Waals surface area contributed by atoms with Gasteiger partial charge in [-0.25, -0.2) is 4.79 Å². The third-order valence-corrected chi connectivity index (χ3v) is 2.09. The number of ether oxygens (including phenoxy) is 1. The number of hydrogen-bond acceptors (Lipinski definition) is 2. The quantitative estimate of drug-likeness (QED) is 0.562. The van der Waals surface area contributed by atoms with Gasteiger partial charge < -0.3 is 4.74 Å². The summed E-state index contributed by atoms with van der Waals surface area (Å²) >= 11 is 4.91. The number of hydrogen-bond donors (Lipinski definition) is 0. The van der Waals surface area contributed by atoms with Gasteiger partial charge in [-0.3, -0.25) is 0 Å². The molecule has 0 aliphatic carbocycles. The van der Waals surface area contributed by atoms with E-state index in [9.17, 15) is 4.79 Å². The highest BCUT2D eigenvalue weighted by atomic mass is 32.1. The molecule has 1 radical (unpaired) electrons. The first-order valence-electron chi connectivity index (χ1n) is 4.68. The topological polar surface area (TPSA) is 26.3 Å². The Hall–Kier alpha value is -1.09. The molecular formula is C11H13O2S. The monoisotopic (exact) mass is 209 g/mol. The average molecular weight is 209 g/mol. The smallest absolute Gasteiger partial charge is 0.338 e. The fourth-order valence-electron chi connectivity index (χ4n) is 0.984. The molecule has 0 amide bonds. The molecule has 0 aromatic heterocycles. The molecule has 0 saturated heterocycles. The number of benzene rings is 1. The number of unbranched alkanes of at least 4 members (excludes halogenated alkanes) is 1. The van der Waals surface area contributed by atoms with Crippen molar-refractivity contribution < 1.29 is 9.53 Å². The van der Waals surface area contributed by atoms with Gasteiger partial charge in [0.2, 0.25) is 0 Å². The molecule has 0 fully saturated rings. The minimum Gasteiger partial charge on any atom is -0.462 e. The Morgan fingerprint density at radius 1 is 1.36 bits per heavy atom. The molecule has 0 bridgehead atoms. The van der Waals surface area contributed by atoms with E-state index in [1.807, 2.05) is 0 Å². The lowest BCUT2D eigenvalue weighted by atomic mass is 10.2. The zero-order chi connectivity index (χ0) is 10.4. The van der Waals surface area contributed by atoms with Gasteiger partial charge in [0.1, 0.15) is 0 Å². The van der Waals surface area contributed by atoms with Crippen LogP contribution in [0.2, 0.25) is 0 Å². The Morgan fingerprint density at radius 2 is 2.00 bits per heavy atom. The van der Waals surface area contributed by atoms with Crippen molar-refractivity contribution >= 4 is 18.6 Å². The van der Waals surface area contributed by atoms with Crippen molar-refractivity contribution in [2.24, 2.45) is 0 Å². The van der Waals surface area contributed by atoms with Crippen LogP contribution in [0.3, 0.4) is 0 Å². The fourth-order valence-corrected chi connectivity index (χ4v) is 1.12. The summed E-state index contributed by atoms with van der Waals surface area (Å²) in [5.41, 5.74) is 0.565. The van der Waals surface area contributed by atoms with E-state index in [0.29, 0.717) is 12.2 Å². The van der Waals surface area contributed by atoms with Crippen LogP contribution in [0.4, 0.5) is 0 Å². The van der Waals surface area contributed by atoms with Crippen LogP contribution in [0.25, 0.3) is 0 Å². The van der Waals surface area contributed by atoms with Gasteiger partial charge in [-0.05, 0) is 30.7 Å². The van der Waals surface area contributed by atoms with E-state index in [2.05, 4.69) is 6.92 Å². The standard InChI is InChI=1S/C11H13O2S/c1-2-3-8-13-11(12)9-4-6-10(14)7-5-9/h4-7H,2-3,8H2,1H3. The molecule has 1 rings (SSSR count). The van der Waals surface area contributed by atoms with Gasteiger partial charge in [-0.2, -0.15) is 0 Å². The summed E-state index contributed by atoms with van der Waals surface area (Å²) in [7, 11) is 0. The van der Waals surface area contributed by atoms with Crippen LogP contribution in [0.5, 0.6) is 0 Å². The summed E-state index contributed by atoms with van der Waals surface area (Å²) in [6, 6.07) is 6.84. The Morgan fingerprint density at radius 3 is 2.57 bits per heavy atom. The Kier molecular flexibility index (Phi) is 4.40. The van der Waals surface area contributed by atoms with Gasteiger partial charge in [-0.1, -0.05) is 26.0 Å². The molecule has 0 heterocycles. The van der Waals surface area contributed by atoms with Crippen LogP contribution in [0.1, 0.15) is 30.1 Å². The van der Waals surface area contributed by atoms with Crippen LogP contribution in [0, 0.1) is 0 Å². The molecule has 0 aliphatic heterocycles. The molecule has 0 spiro atoms. The SMILES string of the molecule is CCCCOC(=O)c1ccc([S])cc1. The Bertz CT molecular complexity index is 293. The summed E-state index contributed by atoms with van der Waals surface area (Å²) < 4.78 is 5.04. The van der Waals surface area contributed by atoms with Crippen molar-refractivity contribution in [2.75, 3.05) is 6.61 Å². The summed E-state index contributed by atoms with van der Waals surface area (Å²) in [4.78, 5) is 12.1. The summed E-state index contributed by atoms with van der Waals surface area (Å²) in [6.07, 6.45) is 1.93. The second kappa shape index (κ2) is 5.60. The number of carbonyl (C=O) groups excluding carboxylic acids is 1. The predicted octanol–water partition coefficient (Wildman–Crippen LogP) is 3.20. The number of rotatable bonds is 4. The Labute approximate surface area is 89.7 Å². The molecule has 0 aliphatic rings. The largest absolute Gasteiger partial charge is 0.462 e. The molecule has 0 atom stereocenters. The molecule has 14 heavy (non-hydrogen) atoms. The molecule has 1 aromatic carbocycles. The van der Waals surface area contributed by atoms with E-state index in [-0.39, 0.29) is 5.97 Å². The lowest BCUT2D eigenvalue weighted by Crippen LogP contribution is -2.05. The highest BCUT2D eigenvalue weighted by Crippen LogP contribution is 2.08. The normalized spacial score (nSPS) is 9.79. The first kappa shape index (κ1) is 11.0. The third-order valence-electron chi connectivity index (χ3n) is 1.82. The van der Waals surface area contributed by atoms with Gasteiger partial charge >= 0.3 is 5.97 Å². The van der Waals surface area contributed by atoms with Gasteiger partial charge in [0.05, 0.1) is 12.2 Å². The van der Waals surface area contributed by atoms with Crippen molar-refractivity contribution in [3.05, 3.63) is 29.8 Å². The zero-order valence-electron chi connectivity index (χ0n) is 8.16. The maximum absolute atomic E-state index is 11.4. The maximum Gasteiger partial charge on any atom is 0.338 e. The van der Waals surface area contributed by atoms with Gasteiger partial charge in [-0.15, -0.1) is 0 Å². The molecule has 1 aromatic rings. The van der Waals surface area contributed by atoms with E-state index in [4.69, 9.17) is 17.4 Å². The fraction of sp³-hybridized carbons (Fsp3) is 0.364. The van der Waals surface area contributed by atoms with E-state index >= 15 is 0 Å². The van der Waals surface area contributed by atoms with Crippen LogP contribution in [-0.4, -0.2) is 12.6 Å². The van der Waals surface area contributed by atoms with E-state index < -0.39 is 0 Å². The second-order valence-corrected chi connectivity index (χ2v) is 3.49. The lowest BCUT2D eigenvalue weighted by Gasteiger charge is -2.03. The minimum absolute atomic E-state index is 0.270. The van der Waals surface area contributed by atoms with Crippen molar-refractivity contribution in [2.45, 2.75) is 24.7 Å². The molecular weight excluding hydrogens is 196 g/mol. The Balaban J connectivity index is 2.48. The lowest BCUT2D eigenvalue weighted by molar-refractivity contribution is 0.0499. The van der Waals surface area contributed by atoms with Gasteiger partial charge in [0.25, 0.3) is 0 Å². The first-order valence-corrected chi connectivity index (χ1v) is 5.09. The summed E-state index contributed by atoms with van der Waals surface area (Å²) in [6.45, 7) is 2.55. The van der Waals surface area contributed by atoms with Crippen molar-refractivity contribution in [1.82, 2.24) is 0 Å². The van der Waals surface area contributed by atoms with Crippen LogP contribution in [0.15, 0.2) is 29.2 Å². The van der Waals surface area contributed by atoms with Crippen LogP contribution in [-0.2, 0) is 4.74 Å². The molecule has 75 valence electrons. The van der Waals surface area contributed by atoms with E-state index in [1.165, 1.54) is 0 Å². The molecule has 3 heteroatoms. The molecule has 0 unspecified atom stereocenters. The minimum atomic E-state index is -0.270. The molecule has 0 saturated carbocycles. The van der Waals surface area contributed by atoms with Crippen LogP contribution < -0.4 is 0 Å².